The molecule has 0 radical (unpaired) electrons. The Bertz CT molecular complexity index is 725. The van der Waals surface area contributed by atoms with Crippen LogP contribution in [0.25, 0.3) is 0 Å². The number of carbonyl (C=O) groups is 4. The summed E-state index contributed by atoms with van der Waals surface area (Å²) in [7, 11) is 0. The Morgan fingerprint density at radius 2 is 1.74 bits per heavy atom. The molecule has 1 aromatic rings. The third-order valence-corrected chi connectivity index (χ3v) is 3.45. The zero-order chi connectivity index (χ0) is 20.6. The van der Waals surface area contributed by atoms with E-state index in [9.17, 15) is 28.0 Å². The highest BCUT2D eigenvalue weighted by Gasteiger charge is 2.37. The van der Waals surface area contributed by atoms with Crippen molar-refractivity contribution in [1.82, 2.24) is 5.32 Å². The fraction of sp³-hybridized carbons (Fsp3) is 0.412. The molecule has 0 aliphatic rings. The number of carbonyl (C=O) groups excluding carboxylic acids is 4. The first kappa shape index (κ1) is 22.0. The lowest BCUT2D eigenvalue weighted by atomic mass is 9.95. The van der Waals surface area contributed by atoms with Crippen LogP contribution in [-0.4, -0.2) is 43.0 Å². The topological polar surface area (TPSA) is 125 Å². The Morgan fingerprint density at radius 1 is 1.11 bits per heavy atom. The fourth-order valence-electron chi connectivity index (χ4n) is 2.25. The van der Waals surface area contributed by atoms with Crippen molar-refractivity contribution in [1.29, 1.82) is 0 Å². The van der Waals surface area contributed by atoms with E-state index in [2.05, 4.69) is 5.32 Å². The molecule has 0 bridgehead atoms. The van der Waals surface area contributed by atoms with Gasteiger partial charge in [0.2, 0.25) is 5.91 Å². The van der Waals surface area contributed by atoms with Crippen LogP contribution in [0.5, 0.6) is 0 Å². The monoisotopic (exact) mass is 386 g/mol. The maximum absolute atomic E-state index is 13.8. The van der Waals surface area contributed by atoms with Crippen LogP contribution in [-0.2, 0) is 23.9 Å². The van der Waals surface area contributed by atoms with Gasteiger partial charge < -0.3 is 20.5 Å². The van der Waals surface area contributed by atoms with E-state index in [1.807, 2.05) is 0 Å². The van der Waals surface area contributed by atoms with Crippen LogP contribution in [0.2, 0.25) is 0 Å². The molecule has 0 aliphatic carbocycles. The van der Waals surface area contributed by atoms with Crippen LogP contribution in [0.4, 0.5) is 8.78 Å². The molecule has 2 amide bonds. The maximum atomic E-state index is 13.8. The van der Waals surface area contributed by atoms with E-state index < -0.39 is 59.3 Å². The predicted molar refractivity (Wildman–Crippen MR) is 88.2 cm³/mol. The fourth-order valence-corrected chi connectivity index (χ4v) is 2.25. The van der Waals surface area contributed by atoms with Crippen molar-refractivity contribution in [3.63, 3.8) is 0 Å². The summed E-state index contributed by atoms with van der Waals surface area (Å²) in [6.45, 7) is 3.03. The summed E-state index contributed by atoms with van der Waals surface area (Å²) < 4.78 is 36.3. The molecular formula is C17H20F2N2O6. The van der Waals surface area contributed by atoms with Gasteiger partial charge in [0, 0.05) is 6.07 Å². The van der Waals surface area contributed by atoms with Crippen LogP contribution in [0.15, 0.2) is 18.2 Å². The first-order valence-electron chi connectivity index (χ1n) is 8.08. The molecule has 0 aromatic heterocycles. The average Bonchev–Trinajstić information content (AvgIpc) is 2.57. The Hall–Kier alpha value is -3.04. The Balaban J connectivity index is 3.11. The zero-order valence-corrected chi connectivity index (χ0v) is 14.8. The van der Waals surface area contributed by atoms with E-state index in [-0.39, 0.29) is 13.2 Å². The predicted octanol–water partition coefficient (Wildman–Crippen LogP) is 0.681. The van der Waals surface area contributed by atoms with E-state index in [4.69, 9.17) is 15.2 Å². The van der Waals surface area contributed by atoms with Gasteiger partial charge in [0.15, 0.2) is 0 Å². The van der Waals surface area contributed by atoms with Gasteiger partial charge in [0.25, 0.3) is 5.91 Å². The summed E-state index contributed by atoms with van der Waals surface area (Å²) in [5, 5.41) is 2.10. The Labute approximate surface area is 154 Å². The minimum atomic E-state index is -1.68. The van der Waals surface area contributed by atoms with Gasteiger partial charge in [-0.25, -0.2) is 8.78 Å². The van der Waals surface area contributed by atoms with Crippen molar-refractivity contribution in [2.45, 2.75) is 26.3 Å². The third-order valence-electron chi connectivity index (χ3n) is 3.45. The highest BCUT2D eigenvalue weighted by Crippen LogP contribution is 2.16. The molecule has 2 atom stereocenters. The number of ether oxygens (including phenoxy) is 2. The van der Waals surface area contributed by atoms with Crippen LogP contribution in [0.1, 0.15) is 30.6 Å². The molecule has 8 nitrogen and oxygen atoms in total. The molecule has 0 heterocycles. The number of primary amides is 1. The molecule has 0 fully saturated rings. The quantitative estimate of drug-likeness (QED) is 0.602. The standard InChI is InChI=1S/C17H20F2N2O6/c1-3-26-13(22)8-11(17(25)27-4-2)14(15(20)23)21-16(24)10-6-5-9(18)7-12(10)19/h5-7,11,14H,3-4,8H2,1-2H3,(H2,20,23)(H,21,24)/t11-,14-/m0/s1. The van der Waals surface area contributed by atoms with Crippen molar-refractivity contribution in [3.05, 3.63) is 35.4 Å². The van der Waals surface area contributed by atoms with Gasteiger partial charge in [-0.05, 0) is 26.0 Å². The normalized spacial score (nSPS) is 12.6. The van der Waals surface area contributed by atoms with E-state index in [1.165, 1.54) is 6.92 Å². The molecule has 0 spiro atoms. The number of nitrogens with one attached hydrogen (secondary N) is 1. The summed E-state index contributed by atoms with van der Waals surface area (Å²) in [4.78, 5) is 47.9. The molecule has 27 heavy (non-hydrogen) atoms. The number of nitrogens with two attached hydrogens (primary N) is 1. The van der Waals surface area contributed by atoms with Gasteiger partial charge in [-0.15, -0.1) is 0 Å². The largest absolute Gasteiger partial charge is 0.466 e. The van der Waals surface area contributed by atoms with Crippen molar-refractivity contribution in [2.24, 2.45) is 11.7 Å². The van der Waals surface area contributed by atoms with Gasteiger partial charge in [-0.2, -0.15) is 0 Å². The maximum Gasteiger partial charge on any atom is 0.312 e. The first-order valence-corrected chi connectivity index (χ1v) is 8.08. The van der Waals surface area contributed by atoms with E-state index in [0.29, 0.717) is 6.07 Å². The van der Waals surface area contributed by atoms with Crippen molar-refractivity contribution >= 4 is 23.8 Å². The molecule has 10 heteroatoms. The average molecular weight is 386 g/mol. The number of halogens is 2. The smallest absolute Gasteiger partial charge is 0.312 e. The minimum Gasteiger partial charge on any atom is -0.466 e. The minimum absolute atomic E-state index is 0.0305. The summed E-state index contributed by atoms with van der Waals surface area (Å²) in [5.41, 5.74) is 4.67. The number of hydrogen-bond donors (Lipinski definition) is 2. The molecule has 1 aromatic carbocycles. The molecule has 1 rings (SSSR count). The number of hydrogen-bond acceptors (Lipinski definition) is 6. The highest BCUT2D eigenvalue weighted by atomic mass is 19.1. The number of esters is 2. The second kappa shape index (κ2) is 10.2. The van der Waals surface area contributed by atoms with Gasteiger partial charge in [0.1, 0.15) is 17.7 Å². The summed E-state index contributed by atoms with van der Waals surface area (Å²) >= 11 is 0. The molecule has 0 aliphatic heterocycles. The van der Waals surface area contributed by atoms with Crippen molar-refractivity contribution in [2.75, 3.05) is 13.2 Å². The number of rotatable bonds is 9. The lowest BCUT2D eigenvalue weighted by molar-refractivity contribution is -0.156. The van der Waals surface area contributed by atoms with Gasteiger partial charge >= 0.3 is 11.9 Å². The van der Waals surface area contributed by atoms with E-state index in [1.54, 1.807) is 6.92 Å². The molecular weight excluding hydrogens is 366 g/mol. The lowest BCUT2D eigenvalue weighted by Crippen LogP contribution is -2.52. The molecule has 148 valence electrons. The second-order valence-corrected chi connectivity index (χ2v) is 5.35. The van der Waals surface area contributed by atoms with Crippen molar-refractivity contribution < 1.29 is 37.4 Å². The van der Waals surface area contributed by atoms with E-state index >= 15 is 0 Å². The van der Waals surface area contributed by atoms with Gasteiger partial charge in [-0.3, -0.25) is 19.2 Å². The first-order chi connectivity index (χ1) is 12.7. The Kier molecular flexibility index (Phi) is 8.31. The third kappa shape index (κ3) is 6.32. The second-order valence-electron chi connectivity index (χ2n) is 5.35. The molecule has 3 N–H and O–H groups in total. The van der Waals surface area contributed by atoms with Crippen LogP contribution < -0.4 is 11.1 Å². The van der Waals surface area contributed by atoms with E-state index in [0.717, 1.165) is 12.1 Å². The summed E-state index contributed by atoms with van der Waals surface area (Å²) in [5.74, 6) is -7.59. The van der Waals surface area contributed by atoms with Crippen LogP contribution >= 0.6 is 0 Å². The molecule has 0 unspecified atom stereocenters. The molecule has 0 saturated carbocycles. The number of amides is 2. The van der Waals surface area contributed by atoms with Crippen LogP contribution in [0.3, 0.4) is 0 Å². The van der Waals surface area contributed by atoms with Gasteiger partial charge in [0.05, 0.1) is 31.1 Å². The zero-order valence-electron chi connectivity index (χ0n) is 14.8. The number of benzene rings is 1. The Morgan fingerprint density at radius 3 is 2.26 bits per heavy atom. The molecule has 0 saturated heterocycles. The summed E-state index contributed by atoms with van der Waals surface area (Å²) in [6.07, 6.45) is -0.591. The lowest BCUT2D eigenvalue weighted by Gasteiger charge is -2.23. The van der Waals surface area contributed by atoms with Crippen molar-refractivity contribution in [3.8, 4) is 0 Å². The van der Waals surface area contributed by atoms with Crippen LogP contribution in [0, 0.1) is 17.6 Å². The highest BCUT2D eigenvalue weighted by molar-refractivity contribution is 5.99. The van der Waals surface area contributed by atoms with Gasteiger partial charge in [-0.1, -0.05) is 0 Å². The SMILES string of the molecule is CCOC(=O)C[C@H](C(=O)OCC)[C@H](NC(=O)c1ccc(F)cc1F)C(N)=O. The summed E-state index contributed by atoms with van der Waals surface area (Å²) in [6, 6.07) is 0.516.